The lowest BCUT2D eigenvalue weighted by molar-refractivity contribution is -0.120. The van der Waals surface area contributed by atoms with Crippen LogP contribution >= 0.6 is 0 Å². The van der Waals surface area contributed by atoms with Crippen molar-refractivity contribution in [2.75, 3.05) is 0 Å². The molecular formula is C6H9NO. The topological polar surface area (TPSA) is 29.1 Å². The van der Waals surface area contributed by atoms with Crippen LogP contribution < -0.4 is 5.32 Å². The molecule has 2 unspecified atom stereocenters. The van der Waals surface area contributed by atoms with Gasteiger partial charge in [-0.3, -0.25) is 4.79 Å². The van der Waals surface area contributed by atoms with Gasteiger partial charge in [0.25, 0.3) is 0 Å². The van der Waals surface area contributed by atoms with E-state index < -0.39 is 0 Å². The summed E-state index contributed by atoms with van der Waals surface area (Å²) in [6.45, 7) is 2.11. The molecule has 1 N–H and O–H groups in total. The average Bonchev–Trinajstić information content (AvgIpc) is 2.07. The molecule has 1 amide bonds. The Morgan fingerprint density at radius 1 is 1.88 bits per heavy atom. The Kier molecular flexibility index (Phi) is 0.504. The minimum Gasteiger partial charge on any atom is -0.351 e. The standard InChI is InChI=1S/C6H9NO/c1-6-3-4(6)2-5(8)7-6/h4H,2-3H2,1H3,(H,7,8). The number of hydrogen-bond donors (Lipinski definition) is 1. The molecule has 2 atom stereocenters. The van der Waals surface area contributed by atoms with Gasteiger partial charge in [0, 0.05) is 12.0 Å². The molecule has 0 aromatic heterocycles. The SMILES string of the molecule is CC12CC1CC(=O)N2. The van der Waals surface area contributed by atoms with Crippen LogP contribution in [0.1, 0.15) is 19.8 Å². The molecule has 0 spiro atoms. The molecule has 1 aliphatic heterocycles. The van der Waals surface area contributed by atoms with Crippen molar-refractivity contribution < 1.29 is 4.79 Å². The van der Waals surface area contributed by atoms with E-state index >= 15 is 0 Å². The molecule has 1 heterocycles. The van der Waals surface area contributed by atoms with E-state index in [0.717, 1.165) is 6.42 Å². The van der Waals surface area contributed by atoms with Gasteiger partial charge in [0.15, 0.2) is 0 Å². The van der Waals surface area contributed by atoms with Crippen molar-refractivity contribution >= 4 is 5.91 Å². The number of amides is 1. The van der Waals surface area contributed by atoms with E-state index in [-0.39, 0.29) is 11.4 Å². The van der Waals surface area contributed by atoms with Gasteiger partial charge in [-0.15, -0.1) is 0 Å². The van der Waals surface area contributed by atoms with Crippen LogP contribution in [0.5, 0.6) is 0 Å². The lowest BCUT2D eigenvalue weighted by Gasteiger charge is -2.02. The number of piperidine rings is 1. The number of rotatable bonds is 0. The molecule has 0 aromatic rings. The van der Waals surface area contributed by atoms with E-state index in [1.54, 1.807) is 0 Å². The van der Waals surface area contributed by atoms with Crippen molar-refractivity contribution in [3.63, 3.8) is 0 Å². The highest BCUT2D eigenvalue weighted by Gasteiger charge is 2.56. The Morgan fingerprint density at radius 3 is 2.88 bits per heavy atom. The maximum atomic E-state index is 10.6. The monoisotopic (exact) mass is 111 g/mol. The third-order valence-corrected chi connectivity index (χ3v) is 2.27. The van der Waals surface area contributed by atoms with Gasteiger partial charge < -0.3 is 5.32 Å². The summed E-state index contributed by atoms with van der Waals surface area (Å²) in [5.74, 6) is 0.916. The highest BCUT2D eigenvalue weighted by atomic mass is 16.2. The Balaban J connectivity index is 2.21. The summed E-state index contributed by atoms with van der Waals surface area (Å²) in [5, 5.41) is 2.93. The van der Waals surface area contributed by atoms with Gasteiger partial charge in [-0.1, -0.05) is 0 Å². The van der Waals surface area contributed by atoms with Crippen LogP contribution in [-0.2, 0) is 4.79 Å². The molecule has 8 heavy (non-hydrogen) atoms. The molecule has 44 valence electrons. The molecule has 2 nitrogen and oxygen atoms in total. The highest BCUT2D eigenvalue weighted by Crippen LogP contribution is 2.49. The van der Waals surface area contributed by atoms with Crippen molar-refractivity contribution in [2.45, 2.75) is 25.3 Å². The van der Waals surface area contributed by atoms with Crippen molar-refractivity contribution in [1.29, 1.82) is 0 Å². The van der Waals surface area contributed by atoms with Crippen LogP contribution in [0, 0.1) is 5.92 Å². The maximum absolute atomic E-state index is 10.6. The predicted octanol–water partition coefficient (Wildman–Crippen LogP) is 0.285. The van der Waals surface area contributed by atoms with Crippen LogP contribution in [-0.4, -0.2) is 11.4 Å². The lowest BCUT2D eigenvalue weighted by atomic mass is 10.3. The van der Waals surface area contributed by atoms with E-state index in [1.165, 1.54) is 6.42 Å². The van der Waals surface area contributed by atoms with E-state index in [2.05, 4.69) is 12.2 Å². The van der Waals surface area contributed by atoms with Crippen molar-refractivity contribution in [3.8, 4) is 0 Å². The first kappa shape index (κ1) is 4.36. The van der Waals surface area contributed by atoms with Crippen LogP contribution in [0.2, 0.25) is 0 Å². The van der Waals surface area contributed by atoms with Crippen LogP contribution in [0.3, 0.4) is 0 Å². The number of hydrogen-bond acceptors (Lipinski definition) is 1. The third kappa shape index (κ3) is 0.358. The maximum Gasteiger partial charge on any atom is 0.220 e. The number of carbonyl (C=O) groups excluding carboxylic acids is 1. The summed E-state index contributed by atoms with van der Waals surface area (Å²) in [6, 6.07) is 0. The number of fused-ring (bicyclic) bond motifs is 1. The second-order valence-electron chi connectivity index (χ2n) is 3.07. The minimum atomic E-state index is 0.233. The van der Waals surface area contributed by atoms with Crippen molar-refractivity contribution in [3.05, 3.63) is 0 Å². The van der Waals surface area contributed by atoms with Crippen LogP contribution in [0.15, 0.2) is 0 Å². The van der Waals surface area contributed by atoms with E-state index in [4.69, 9.17) is 0 Å². The van der Waals surface area contributed by atoms with Crippen LogP contribution in [0.4, 0.5) is 0 Å². The molecular weight excluding hydrogens is 102 g/mol. The van der Waals surface area contributed by atoms with E-state index in [0.29, 0.717) is 5.92 Å². The molecule has 0 aromatic carbocycles. The number of nitrogens with one attached hydrogen (secondary N) is 1. The Labute approximate surface area is 48.3 Å². The third-order valence-electron chi connectivity index (χ3n) is 2.27. The summed E-state index contributed by atoms with van der Waals surface area (Å²) < 4.78 is 0. The van der Waals surface area contributed by atoms with Gasteiger partial charge in [-0.2, -0.15) is 0 Å². The Morgan fingerprint density at radius 2 is 2.62 bits per heavy atom. The summed E-state index contributed by atoms with van der Waals surface area (Å²) in [4.78, 5) is 10.6. The molecule has 1 saturated heterocycles. The zero-order valence-electron chi connectivity index (χ0n) is 4.90. The fourth-order valence-corrected chi connectivity index (χ4v) is 1.50. The summed E-state index contributed by atoms with van der Waals surface area (Å²) in [6.07, 6.45) is 1.98. The van der Waals surface area contributed by atoms with Crippen LogP contribution in [0.25, 0.3) is 0 Å². The molecule has 0 radical (unpaired) electrons. The van der Waals surface area contributed by atoms with Crippen molar-refractivity contribution in [2.24, 2.45) is 5.92 Å². The van der Waals surface area contributed by atoms with Gasteiger partial charge in [0.1, 0.15) is 0 Å². The highest BCUT2D eigenvalue weighted by molar-refractivity contribution is 5.81. The molecule has 1 aliphatic carbocycles. The molecule has 2 heteroatoms. The lowest BCUT2D eigenvalue weighted by Crippen LogP contribution is -2.28. The summed E-state index contributed by atoms with van der Waals surface area (Å²) in [5.41, 5.74) is 0.233. The second kappa shape index (κ2) is 0.925. The average molecular weight is 111 g/mol. The predicted molar refractivity (Wildman–Crippen MR) is 29.3 cm³/mol. The molecule has 0 bridgehead atoms. The Bertz CT molecular complexity index is 155. The first-order valence-corrected chi connectivity index (χ1v) is 3.02. The smallest absolute Gasteiger partial charge is 0.220 e. The first-order chi connectivity index (χ1) is 3.71. The molecule has 2 rings (SSSR count). The molecule has 1 saturated carbocycles. The van der Waals surface area contributed by atoms with Gasteiger partial charge in [-0.05, 0) is 19.3 Å². The van der Waals surface area contributed by atoms with Gasteiger partial charge in [0.05, 0.1) is 0 Å². The fraction of sp³-hybridized carbons (Fsp3) is 0.833. The Hall–Kier alpha value is -0.530. The minimum absolute atomic E-state index is 0.233. The zero-order valence-corrected chi connectivity index (χ0v) is 4.90. The normalized spacial score (nSPS) is 50.6. The molecule has 2 fully saturated rings. The van der Waals surface area contributed by atoms with Gasteiger partial charge >= 0.3 is 0 Å². The van der Waals surface area contributed by atoms with Crippen molar-refractivity contribution in [1.82, 2.24) is 5.32 Å². The van der Waals surface area contributed by atoms with E-state index in [1.807, 2.05) is 0 Å². The molecule has 2 aliphatic rings. The zero-order chi connectivity index (χ0) is 5.78. The van der Waals surface area contributed by atoms with Gasteiger partial charge in [0.2, 0.25) is 5.91 Å². The number of carbonyl (C=O) groups is 1. The largest absolute Gasteiger partial charge is 0.351 e. The van der Waals surface area contributed by atoms with Gasteiger partial charge in [-0.25, -0.2) is 0 Å². The quantitative estimate of drug-likeness (QED) is 0.478. The summed E-state index contributed by atoms with van der Waals surface area (Å²) in [7, 11) is 0. The fourth-order valence-electron chi connectivity index (χ4n) is 1.50. The second-order valence-corrected chi connectivity index (χ2v) is 3.07. The van der Waals surface area contributed by atoms with E-state index in [9.17, 15) is 4.79 Å². The summed E-state index contributed by atoms with van der Waals surface area (Å²) >= 11 is 0. The first-order valence-electron chi connectivity index (χ1n) is 3.02.